The van der Waals surface area contributed by atoms with Gasteiger partial charge in [-0.15, -0.1) is 5.10 Å². The lowest BCUT2D eigenvalue weighted by Gasteiger charge is -2.03. The SMILES string of the molecule is CCC(=CCSc1n[nH]c(=O)n1C1CC1)C(=O)OC. The first-order valence-electron chi connectivity index (χ1n) is 6.24. The zero-order valence-corrected chi connectivity index (χ0v) is 11.8. The van der Waals surface area contributed by atoms with Crippen LogP contribution in [0.4, 0.5) is 0 Å². The molecule has 0 amide bonds. The lowest BCUT2D eigenvalue weighted by atomic mass is 10.2. The van der Waals surface area contributed by atoms with Crippen molar-refractivity contribution in [3.05, 3.63) is 22.1 Å². The Kier molecular flexibility index (Phi) is 4.47. The quantitative estimate of drug-likeness (QED) is 0.486. The van der Waals surface area contributed by atoms with Crippen LogP contribution >= 0.6 is 11.8 Å². The number of aromatic nitrogens is 3. The van der Waals surface area contributed by atoms with Crippen molar-refractivity contribution >= 4 is 17.7 Å². The van der Waals surface area contributed by atoms with Crippen LogP contribution in [0.3, 0.4) is 0 Å². The van der Waals surface area contributed by atoms with Crippen molar-refractivity contribution in [1.29, 1.82) is 0 Å². The van der Waals surface area contributed by atoms with Crippen LogP contribution in [0.5, 0.6) is 0 Å². The summed E-state index contributed by atoms with van der Waals surface area (Å²) in [6.07, 6.45) is 4.52. The zero-order chi connectivity index (χ0) is 13.8. The Bertz CT molecular complexity index is 543. The summed E-state index contributed by atoms with van der Waals surface area (Å²) in [7, 11) is 1.37. The second-order valence-electron chi connectivity index (χ2n) is 4.30. The Labute approximate surface area is 115 Å². The van der Waals surface area contributed by atoms with E-state index < -0.39 is 0 Å². The molecule has 104 valence electrons. The minimum atomic E-state index is -0.301. The number of ether oxygens (including phenoxy) is 1. The molecule has 2 rings (SSSR count). The lowest BCUT2D eigenvalue weighted by Crippen LogP contribution is -2.16. The van der Waals surface area contributed by atoms with Crippen molar-refractivity contribution in [2.45, 2.75) is 37.4 Å². The molecular weight excluding hydrogens is 266 g/mol. The molecule has 6 nitrogen and oxygen atoms in total. The van der Waals surface area contributed by atoms with Gasteiger partial charge in [0.05, 0.1) is 7.11 Å². The third-order valence-electron chi connectivity index (χ3n) is 2.95. The first-order chi connectivity index (χ1) is 9.17. The molecule has 0 saturated heterocycles. The fraction of sp³-hybridized carbons (Fsp3) is 0.583. The number of hydrogen-bond donors (Lipinski definition) is 1. The average molecular weight is 283 g/mol. The van der Waals surface area contributed by atoms with Crippen LogP contribution in [-0.2, 0) is 9.53 Å². The van der Waals surface area contributed by atoms with E-state index >= 15 is 0 Å². The maximum atomic E-state index is 11.6. The van der Waals surface area contributed by atoms with E-state index in [1.54, 1.807) is 4.57 Å². The van der Waals surface area contributed by atoms with Crippen LogP contribution in [0.2, 0.25) is 0 Å². The van der Waals surface area contributed by atoms with Crippen molar-refractivity contribution < 1.29 is 9.53 Å². The van der Waals surface area contributed by atoms with Gasteiger partial charge in [0.2, 0.25) is 0 Å². The molecule has 0 atom stereocenters. The van der Waals surface area contributed by atoms with Gasteiger partial charge in [0.1, 0.15) is 0 Å². The van der Waals surface area contributed by atoms with E-state index in [0.29, 0.717) is 28.9 Å². The molecule has 0 radical (unpaired) electrons. The van der Waals surface area contributed by atoms with E-state index in [1.807, 2.05) is 13.0 Å². The largest absolute Gasteiger partial charge is 0.466 e. The molecule has 1 fully saturated rings. The highest BCUT2D eigenvalue weighted by molar-refractivity contribution is 7.99. The Morgan fingerprint density at radius 3 is 2.95 bits per heavy atom. The number of carbonyl (C=O) groups is 1. The molecule has 1 aliphatic rings. The molecule has 1 aromatic rings. The van der Waals surface area contributed by atoms with Crippen molar-refractivity contribution in [3.8, 4) is 0 Å². The molecule has 1 aromatic heterocycles. The molecule has 1 saturated carbocycles. The molecule has 1 N–H and O–H groups in total. The summed E-state index contributed by atoms with van der Waals surface area (Å²) in [6.45, 7) is 1.90. The third kappa shape index (κ3) is 3.28. The summed E-state index contributed by atoms with van der Waals surface area (Å²) < 4.78 is 6.39. The number of methoxy groups -OCH3 is 1. The fourth-order valence-electron chi connectivity index (χ4n) is 1.77. The van der Waals surface area contributed by atoms with E-state index in [9.17, 15) is 9.59 Å². The van der Waals surface area contributed by atoms with Crippen LogP contribution in [-0.4, -0.2) is 33.6 Å². The normalized spacial score (nSPS) is 15.6. The van der Waals surface area contributed by atoms with Crippen LogP contribution in [0.1, 0.15) is 32.2 Å². The molecule has 0 aliphatic heterocycles. The van der Waals surface area contributed by atoms with Gasteiger partial charge >= 0.3 is 11.7 Å². The van der Waals surface area contributed by atoms with Gasteiger partial charge in [-0.2, -0.15) is 0 Å². The van der Waals surface area contributed by atoms with Gasteiger partial charge < -0.3 is 4.74 Å². The summed E-state index contributed by atoms with van der Waals surface area (Å²) in [6, 6.07) is 0.295. The van der Waals surface area contributed by atoms with Crippen LogP contribution in [0.15, 0.2) is 21.6 Å². The van der Waals surface area contributed by atoms with Gasteiger partial charge in [-0.05, 0) is 19.3 Å². The number of esters is 1. The highest BCUT2D eigenvalue weighted by Crippen LogP contribution is 2.36. The molecule has 1 heterocycles. The molecule has 0 bridgehead atoms. The number of rotatable bonds is 6. The van der Waals surface area contributed by atoms with E-state index in [2.05, 4.69) is 14.9 Å². The van der Waals surface area contributed by atoms with Crippen molar-refractivity contribution in [2.24, 2.45) is 0 Å². The number of aromatic amines is 1. The van der Waals surface area contributed by atoms with Crippen molar-refractivity contribution in [2.75, 3.05) is 12.9 Å². The van der Waals surface area contributed by atoms with Gasteiger partial charge in [0.25, 0.3) is 0 Å². The Hall–Kier alpha value is -1.50. The molecule has 1 aliphatic carbocycles. The maximum Gasteiger partial charge on any atom is 0.344 e. The molecule has 19 heavy (non-hydrogen) atoms. The third-order valence-corrected chi connectivity index (χ3v) is 3.83. The number of carbonyl (C=O) groups excluding carboxylic acids is 1. The summed E-state index contributed by atoms with van der Waals surface area (Å²) in [5, 5.41) is 7.16. The number of nitrogens with one attached hydrogen (secondary N) is 1. The fourth-order valence-corrected chi connectivity index (χ4v) is 2.68. The Morgan fingerprint density at radius 1 is 1.63 bits per heavy atom. The standard InChI is InChI=1S/C12H17N3O3S/c1-3-8(10(16)18-2)6-7-19-12-14-13-11(17)15(12)9-4-5-9/h6,9H,3-5,7H2,1-2H3,(H,13,17). The predicted octanol–water partition coefficient (Wildman–Crippen LogP) is 1.51. The minimum absolute atomic E-state index is 0.155. The second-order valence-corrected chi connectivity index (χ2v) is 5.29. The highest BCUT2D eigenvalue weighted by atomic mass is 32.2. The Balaban J connectivity index is 2.01. The molecule has 0 aromatic carbocycles. The van der Waals surface area contributed by atoms with Crippen LogP contribution < -0.4 is 5.69 Å². The second kappa shape index (κ2) is 6.10. The average Bonchev–Trinajstić information content (AvgIpc) is 3.18. The van der Waals surface area contributed by atoms with E-state index in [-0.39, 0.29) is 11.7 Å². The summed E-state index contributed by atoms with van der Waals surface area (Å²) in [5.41, 5.74) is 0.489. The number of hydrogen-bond acceptors (Lipinski definition) is 5. The molecule has 0 unspecified atom stereocenters. The monoisotopic (exact) mass is 283 g/mol. The summed E-state index contributed by atoms with van der Waals surface area (Å²) >= 11 is 1.44. The zero-order valence-electron chi connectivity index (χ0n) is 11.0. The first kappa shape index (κ1) is 13.9. The summed E-state index contributed by atoms with van der Waals surface area (Å²) in [5.74, 6) is 0.291. The molecular formula is C12H17N3O3S. The van der Waals surface area contributed by atoms with Gasteiger partial charge in [0, 0.05) is 17.4 Å². The first-order valence-corrected chi connectivity index (χ1v) is 7.23. The Morgan fingerprint density at radius 2 is 2.37 bits per heavy atom. The van der Waals surface area contributed by atoms with E-state index in [1.165, 1.54) is 18.9 Å². The maximum absolute atomic E-state index is 11.6. The van der Waals surface area contributed by atoms with Crippen molar-refractivity contribution in [3.63, 3.8) is 0 Å². The van der Waals surface area contributed by atoms with Gasteiger partial charge in [0.15, 0.2) is 5.16 Å². The smallest absolute Gasteiger partial charge is 0.344 e. The number of H-pyrrole nitrogens is 1. The van der Waals surface area contributed by atoms with Crippen LogP contribution in [0, 0.1) is 0 Å². The van der Waals surface area contributed by atoms with E-state index in [0.717, 1.165) is 12.8 Å². The highest BCUT2D eigenvalue weighted by Gasteiger charge is 2.28. The molecule has 0 spiro atoms. The van der Waals surface area contributed by atoms with Gasteiger partial charge in [-0.1, -0.05) is 24.8 Å². The number of thioether (sulfide) groups is 1. The predicted molar refractivity (Wildman–Crippen MR) is 72.2 cm³/mol. The van der Waals surface area contributed by atoms with E-state index in [4.69, 9.17) is 0 Å². The minimum Gasteiger partial charge on any atom is -0.466 e. The molecule has 7 heteroatoms. The van der Waals surface area contributed by atoms with Gasteiger partial charge in [-0.3, -0.25) is 4.57 Å². The van der Waals surface area contributed by atoms with Crippen LogP contribution in [0.25, 0.3) is 0 Å². The number of nitrogens with zero attached hydrogens (tertiary/aromatic N) is 2. The lowest BCUT2D eigenvalue weighted by molar-refractivity contribution is -0.136. The topological polar surface area (TPSA) is 77.0 Å². The van der Waals surface area contributed by atoms with Crippen molar-refractivity contribution in [1.82, 2.24) is 14.8 Å². The van der Waals surface area contributed by atoms with Gasteiger partial charge in [-0.25, -0.2) is 14.7 Å². The summed E-state index contributed by atoms with van der Waals surface area (Å²) in [4.78, 5) is 23.0.